The second-order valence-corrected chi connectivity index (χ2v) is 34.7. The summed E-state index contributed by atoms with van der Waals surface area (Å²) < 4.78 is 5.92. The van der Waals surface area contributed by atoms with Crippen LogP contribution in [0.15, 0.2) is 62.0 Å². The van der Waals surface area contributed by atoms with Crippen LogP contribution in [0, 0.1) is 5.41 Å². The molecule has 0 unspecified atom stereocenters. The molecule has 3 aliphatic carbocycles. The molecule has 0 bridgehead atoms. The monoisotopic (exact) mass is 570 g/mol. The molecule has 32 heavy (non-hydrogen) atoms. The average molecular weight is 573 g/mol. The van der Waals surface area contributed by atoms with Gasteiger partial charge in [-0.05, 0) is 0 Å². The molecule has 3 aliphatic rings. The smallest absolute Gasteiger partial charge is 0.147 e. The zero-order valence-electron chi connectivity index (χ0n) is 21.9. The Labute approximate surface area is 216 Å². The van der Waals surface area contributed by atoms with Crippen molar-refractivity contribution in [2.45, 2.75) is 100 Å². The van der Waals surface area contributed by atoms with E-state index < -0.39 is 25.4 Å². The molecule has 0 saturated carbocycles. The van der Waals surface area contributed by atoms with E-state index in [9.17, 15) is 0 Å². The van der Waals surface area contributed by atoms with Crippen LogP contribution in [-0.2, 0) is 19.4 Å². The largest absolute Gasteiger partial charge is 0.147 e. The minimum atomic E-state index is -3.02. The van der Waals surface area contributed by atoms with Crippen molar-refractivity contribution >= 4 is 30.7 Å². The van der Waals surface area contributed by atoms with Crippen LogP contribution >= 0.6 is 24.8 Å². The van der Waals surface area contributed by atoms with Crippen LogP contribution in [0.3, 0.4) is 0 Å². The maximum Gasteiger partial charge on any atom is -0.147 e. The van der Waals surface area contributed by atoms with Gasteiger partial charge in [0.15, 0.2) is 0 Å². The molecule has 0 aromatic rings. The Balaban J connectivity index is 0.00000256. The summed E-state index contributed by atoms with van der Waals surface area (Å²) in [6.07, 6.45) is 17.6. The third kappa shape index (κ3) is 4.65. The van der Waals surface area contributed by atoms with E-state index >= 15 is 0 Å². The van der Waals surface area contributed by atoms with Gasteiger partial charge >= 0.3 is 193 Å². The number of halogens is 2. The van der Waals surface area contributed by atoms with Gasteiger partial charge in [0.05, 0.1) is 0 Å². The maximum absolute atomic E-state index is 3.02. The number of allylic oxidation sites excluding steroid dienone is 12. The molecule has 0 aromatic heterocycles. The molecule has 180 valence electrons. The summed E-state index contributed by atoms with van der Waals surface area (Å²) in [6, 6.07) is 0. The Hall–Kier alpha value is 0.120. The molecule has 0 spiro atoms. The SMILES string of the molecule is CCCC1=[C]([Zr]([C]2=C(CCC)C=CC2)([C]2=C(C)C(C)=C(C)C2(C)C)[SiH](C)C)CC=C1.Cl.Cl. The molecule has 0 atom stereocenters. The van der Waals surface area contributed by atoms with E-state index in [1.807, 2.05) is 9.84 Å². The van der Waals surface area contributed by atoms with Crippen LogP contribution in [0.1, 0.15) is 87.0 Å². The Morgan fingerprint density at radius 2 is 1.25 bits per heavy atom. The molecule has 4 heteroatoms. The van der Waals surface area contributed by atoms with Gasteiger partial charge in [0, 0.05) is 0 Å². The fraction of sp³-hybridized carbons (Fsp3) is 0.571. The van der Waals surface area contributed by atoms with E-state index in [0.717, 1.165) is 0 Å². The number of hydrogen-bond donors (Lipinski definition) is 0. The van der Waals surface area contributed by atoms with Crippen molar-refractivity contribution in [3.05, 3.63) is 62.0 Å². The number of rotatable bonds is 8. The maximum atomic E-state index is 2.72. The van der Waals surface area contributed by atoms with Gasteiger partial charge in [0.25, 0.3) is 0 Å². The van der Waals surface area contributed by atoms with Gasteiger partial charge in [-0.15, -0.1) is 24.8 Å². The molecule has 0 fully saturated rings. The summed E-state index contributed by atoms with van der Waals surface area (Å²) in [5, 5.41) is 0. The molecule has 0 radical (unpaired) electrons. The summed E-state index contributed by atoms with van der Waals surface area (Å²) >= 11 is -3.02. The Morgan fingerprint density at radius 1 is 0.812 bits per heavy atom. The van der Waals surface area contributed by atoms with Crippen LogP contribution in [0.25, 0.3) is 0 Å². The van der Waals surface area contributed by atoms with Gasteiger partial charge in [-0.25, -0.2) is 0 Å². The van der Waals surface area contributed by atoms with Gasteiger partial charge in [-0.3, -0.25) is 0 Å². The predicted molar refractivity (Wildman–Crippen MR) is 150 cm³/mol. The predicted octanol–water partition coefficient (Wildman–Crippen LogP) is 9.65. The normalized spacial score (nSPS) is 20.2. The average Bonchev–Trinajstić information content (AvgIpc) is 3.37. The first kappa shape index (κ1) is 30.2. The molecule has 0 N–H and O–H groups in total. The van der Waals surface area contributed by atoms with E-state index in [1.54, 1.807) is 27.9 Å². The first-order chi connectivity index (χ1) is 14.1. The molecule has 0 amide bonds. The summed E-state index contributed by atoms with van der Waals surface area (Å²) in [5.74, 6) is -0.953. The summed E-state index contributed by atoms with van der Waals surface area (Å²) in [5.41, 5.74) is 8.61. The van der Waals surface area contributed by atoms with Crippen molar-refractivity contribution in [3.63, 3.8) is 0 Å². The van der Waals surface area contributed by atoms with E-state index in [1.165, 1.54) is 38.5 Å². The fourth-order valence-electron chi connectivity index (χ4n) is 6.79. The Kier molecular flexibility index (Phi) is 11.0. The Bertz CT molecular complexity index is 870. The van der Waals surface area contributed by atoms with Crippen LogP contribution in [0.2, 0.25) is 13.1 Å². The summed E-state index contributed by atoms with van der Waals surface area (Å²) in [6.45, 7) is 22.6. The molecule has 0 nitrogen and oxygen atoms in total. The van der Waals surface area contributed by atoms with Gasteiger partial charge in [0.1, 0.15) is 0 Å². The van der Waals surface area contributed by atoms with Gasteiger partial charge in [-0.2, -0.15) is 0 Å². The fourth-order valence-corrected chi connectivity index (χ4v) is 43.2. The van der Waals surface area contributed by atoms with Crippen molar-refractivity contribution in [2.24, 2.45) is 5.41 Å². The molecule has 0 aliphatic heterocycles. The topological polar surface area (TPSA) is 0 Å². The van der Waals surface area contributed by atoms with Crippen molar-refractivity contribution in [1.29, 1.82) is 0 Å². The second-order valence-electron chi connectivity index (χ2n) is 10.6. The van der Waals surface area contributed by atoms with Crippen molar-refractivity contribution in [3.8, 4) is 0 Å². The van der Waals surface area contributed by atoms with Crippen molar-refractivity contribution < 1.29 is 19.4 Å². The molecule has 0 aromatic carbocycles. The molecule has 0 saturated heterocycles. The van der Waals surface area contributed by atoms with Crippen LogP contribution < -0.4 is 0 Å². The quantitative estimate of drug-likeness (QED) is 0.254. The van der Waals surface area contributed by atoms with Gasteiger partial charge in [-0.1, -0.05) is 0 Å². The zero-order valence-corrected chi connectivity index (χ0v) is 27.2. The third-order valence-corrected chi connectivity index (χ3v) is 40.4. The first-order valence-electron chi connectivity index (χ1n) is 12.3. The third-order valence-electron chi connectivity index (χ3n) is 8.37. The molecular weight excluding hydrogens is 527 g/mol. The van der Waals surface area contributed by atoms with E-state index in [-0.39, 0.29) is 30.2 Å². The standard InChI is InChI=1S/C10H15.2C8H11.C2H7Si.2ClH.Zr/c1-7-6-10(4,5)9(3)8(7)2;2*1-2-5-8-6-3-4-7-8;1-3-2;;;/h1-5H3;2*3,6H,2,4-5H2,1H3;3H,1-2H3;2*1H;. The molecule has 3 rings (SSSR count). The molecule has 0 heterocycles. The molecular formula is C28H46Cl2SiZr. The van der Waals surface area contributed by atoms with Crippen LogP contribution in [0.5, 0.6) is 0 Å². The minimum absolute atomic E-state index is 0. The summed E-state index contributed by atoms with van der Waals surface area (Å²) in [4.78, 5) is 0. The minimum Gasteiger partial charge on any atom is -0.147 e. The first-order valence-corrected chi connectivity index (χ1v) is 23.2. The van der Waals surface area contributed by atoms with Gasteiger partial charge in [0.2, 0.25) is 0 Å². The second kappa shape index (κ2) is 11.7. The van der Waals surface area contributed by atoms with Gasteiger partial charge < -0.3 is 0 Å². The van der Waals surface area contributed by atoms with Crippen molar-refractivity contribution in [1.82, 2.24) is 0 Å². The van der Waals surface area contributed by atoms with Crippen LogP contribution in [0.4, 0.5) is 0 Å². The van der Waals surface area contributed by atoms with Crippen molar-refractivity contribution in [2.75, 3.05) is 0 Å². The number of hydrogen-bond acceptors (Lipinski definition) is 0. The zero-order chi connectivity index (χ0) is 22.3. The van der Waals surface area contributed by atoms with E-state index in [2.05, 4.69) is 85.9 Å². The van der Waals surface area contributed by atoms with E-state index in [0.29, 0.717) is 0 Å². The van der Waals surface area contributed by atoms with Crippen LogP contribution in [-0.4, -0.2) is 5.92 Å². The Morgan fingerprint density at radius 3 is 1.56 bits per heavy atom. The summed E-state index contributed by atoms with van der Waals surface area (Å²) in [7, 11) is 0. The van der Waals surface area contributed by atoms with E-state index in [4.69, 9.17) is 0 Å².